The zero-order valence-corrected chi connectivity index (χ0v) is 16.8. The number of hydrogen-bond donors (Lipinski definition) is 2. The van der Waals surface area contributed by atoms with Crippen LogP contribution in [0, 0.1) is 23.1 Å². The second-order valence-corrected chi connectivity index (χ2v) is 4.88. The Bertz CT molecular complexity index is 867. The SMILES string of the molecule is N=C(/C=C(\[NH-])c1ccccn1)C(F)(F)F.[Ir+3].[N-]=C/C=C\Nc1[c-]cc(F)cc1F. The number of benzene rings is 1. The zero-order valence-electron chi connectivity index (χ0n) is 14.4. The van der Waals surface area contributed by atoms with Gasteiger partial charge in [0.05, 0.1) is 0 Å². The molecule has 0 spiro atoms. The van der Waals surface area contributed by atoms with Crippen molar-refractivity contribution >= 4 is 23.3 Å². The molecule has 1 aromatic heterocycles. The van der Waals surface area contributed by atoms with Crippen LogP contribution >= 0.6 is 0 Å². The fourth-order valence-electron chi connectivity index (χ4n) is 1.55. The molecule has 0 bridgehead atoms. The van der Waals surface area contributed by atoms with E-state index < -0.39 is 29.2 Å². The molecule has 3 N–H and O–H groups in total. The van der Waals surface area contributed by atoms with Crippen LogP contribution in [0.25, 0.3) is 16.8 Å². The molecule has 0 saturated carbocycles. The number of halogens is 5. The normalized spacial score (nSPS) is 11.1. The topological polar surface area (TPSA) is 94.9 Å². The summed E-state index contributed by atoms with van der Waals surface area (Å²) in [7, 11) is 0. The number of rotatable bonds is 5. The molecule has 0 amide bonds. The fraction of sp³-hybridized carbons (Fsp3) is 0.0556. The van der Waals surface area contributed by atoms with Crippen LogP contribution in [0.1, 0.15) is 5.69 Å². The summed E-state index contributed by atoms with van der Waals surface area (Å²) in [6.45, 7) is 0. The maximum atomic E-state index is 12.8. The maximum absolute atomic E-state index is 12.8. The van der Waals surface area contributed by atoms with E-state index in [4.69, 9.17) is 16.6 Å². The summed E-state index contributed by atoms with van der Waals surface area (Å²) in [5.74, 6) is -1.41. The van der Waals surface area contributed by atoms with Crippen LogP contribution < -0.4 is 5.32 Å². The van der Waals surface area contributed by atoms with Crippen molar-refractivity contribution in [2.24, 2.45) is 0 Å². The molecule has 0 aliphatic carbocycles. The molecular formula is C18H13F5IrN5. The first-order chi connectivity index (χ1) is 13.1. The van der Waals surface area contributed by atoms with Gasteiger partial charge in [-0.15, -0.1) is 17.8 Å². The van der Waals surface area contributed by atoms with Gasteiger partial charge < -0.3 is 16.5 Å². The average Bonchev–Trinajstić information content (AvgIpc) is 2.64. The van der Waals surface area contributed by atoms with E-state index in [9.17, 15) is 22.0 Å². The Labute approximate surface area is 176 Å². The Morgan fingerprint density at radius 2 is 1.97 bits per heavy atom. The average molecular weight is 587 g/mol. The van der Waals surface area contributed by atoms with Crippen molar-refractivity contribution in [2.45, 2.75) is 6.18 Å². The van der Waals surface area contributed by atoms with Gasteiger partial charge in [-0.2, -0.15) is 25.5 Å². The van der Waals surface area contributed by atoms with Crippen molar-refractivity contribution in [1.29, 1.82) is 5.41 Å². The summed E-state index contributed by atoms with van der Waals surface area (Å²) in [5, 5.41) is 17.4. The van der Waals surface area contributed by atoms with E-state index in [0.717, 1.165) is 18.3 Å². The molecule has 0 atom stereocenters. The van der Waals surface area contributed by atoms with Crippen LogP contribution in [0.5, 0.6) is 0 Å². The molecule has 11 heteroatoms. The van der Waals surface area contributed by atoms with Crippen molar-refractivity contribution < 1.29 is 42.1 Å². The molecule has 0 aliphatic heterocycles. The maximum Gasteiger partial charge on any atom is 3.00 e. The van der Waals surface area contributed by atoms with E-state index in [-0.39, 0.29) is 31.5 Å². The Morgan fingerprint density at radius 3 is 2.48 bits per heavy atom. The number of nitrogens with zero attached hydrogens (tertiary/aromatic N) is 2. The van der Waals surface area contributed by atoms with Gasteiger partial charge in [-0.25, -0.2) is 0 Å². The van der Waals surface area contributed by atoms with Gasteiger partial charge in [-0.1, -0.05) is 12.1 Å². The van der Waals surface area contributed by atoms with Gasteiger partial charge >= 0.3 is 26.3 Å². The van der Waals surface area contributed by atoms with Gasteiger partial charge in [0.1, 0.15) is 5.71 Å². The minimum atomic E-state index is -4.72. The van der Waals surface area contributed by atoms with Gasteiger partial charge in [0, 0.05) is 23.5 Å². The quantitative estimate of drug-likeness (QED) is 0.280. The smallest absolute Gasteiger partial charge is 0.811 e. The Hall–Kier alpha value is -2.91. The standard InChI is InChI=1S/C9H7F3N3.C9H6F2N2.Ir/c10-9(11,12)8(14)5-6(13)7-3-1-2-4-15-7;10-7-2-3-9(8(11)6-7)13-5-1-4-12;/h1-5,13-14H;1-2,4-6,13H;/q-1;-2;+3/b6-5-,14-8?;5-1-;. The third kappa shape index (κ3) is 9.72. The summed E-state index contributed by atoms with van der Waals surface area (Å²) in [6, 6.07) is 8.67. The van der Waals surface area contributed by atoms with Crippen LogP contribution in [0.15, 0.2) is 54.9 Å². The molecule has 0 radical (unpaired) electrons. The van der Waals surface area contributed by atoms with E-state index in [0.29, 0.717) is 6.08 Å². The fourth-order valence-corrected chi connectivity index (χ4v) is 1.55. The second-order valence-electron chi connectivity index (χ2n) is 4.88. The van der Waals surface area contributed by atoms with E-state index in [2.05, 4.69) is 16.4 Å². The predicted molar refractivity (Wildman–Crippen MR) is 97.7 cm³/mol. The van der Waals surface area contributed by atoms with Crippen LogP contribution in [0.4, 0.5) is 27.6 Å². The molecule has 1 aromatic carbocycles. The monoisotopic (exact) mass is 587 g/mol. The van der Waals surface area contributed by atoms with E-state index in [1.807, 2.05) is 0 Å². The first kappa shape index (κ1) is 26.1. The number of allylic oxidation sites excluding steroid dienone is 2. The zero-order chi connectivity index (χ0) is 21.2. The van der Waals surface area contributed by atoms with Crippen molar-refractivity contribution in [1.82, 2.24) is 4.98 Å². The van der Waals surface area contributed by atoms with Crippen molar-refractivity contribution in [3.05, 3.63) is 89.4 Å². The van der Waals surface area contributed by atoms with Crippen molar-refractivity contribution in [2.75, 3.05) is 5.32 Å². The Kier molecular flexibility index (Phi) is 11.3. The molecule has 2 aromatic rings. The molecule has 5 nitrogen and oxygen atoms in total. The number of aromatic nitrogens is 1. The predicted octanol–water partition coefficient (Wildman–Crippen LogP) is 5.39. The Balaban J connectivity index is 0.000000527. The molecule has 0 fully saturated rings. The van der Waals surface area contributed by atoms with E-state index in [1.54, 1.807) is 12.1 Å². The molecule has 0 unspecified atom stereocenters. The summed E-state index contributed by atoms with van der Waals surface area (Å²) in [5.41, 5.74) is 5.42. The minimum absolute atomic E-state index is 0. The van der Waals surface area contributed by atoms with Crippen molar-refractivity contribution in [3.63, 3.8) is 0 Å². The molecule has 0 aliphatic rings. The van der Waals surface area contributed by atoms with E-state index >= 15 is 0 Å². The number of anilines is 1. The number of alkyl halides is 3. The van der Waals surface area contributed by atoms with Crippen LogP contribution in [-0.4, -0.2) is 23.1 Å². The minimum Gasteiger partial charge on any atom is -0.811 e. The molecule has 154 valence electrons. The van der Waals surface area contributed by atoms with Crippen molar-refractivity contribution in [3.8, 4) is 0 Å². The molecule has 1 heterocycles. The first-order valence-corrected chi connectivity index (χ1v) is 7.41. The third-order valence-corrected chi connectivity index (χ3v) is 2.80. The Morgan fingerprint density at radius 1 is 1.28 bits per heavy atom. The number of hydrogen-bond acceptors (Lipinski definition) is 3. The molecule has 0 saturated heterocycles. The van der Waals surface area contributed by atoms with Gasteiger partial charge in [0.25, 0.3) is 0 Å². The summed E-state index contributed by atoms with van der Waals surface area (Å²) >= 11 is 0. The van der Waals surface area contributed by atoms with E-state index in [1.165, 1.54) is 24.5 Å². The van der Waals surface area contributed by atoms with Gasteiger partial charge in [-0.3, -0.25) is 19.2 Å². The summed E-state index contributed by atoms with van der Waals surface area (Å²) < 4.78 is 61.1. The van der Waals surface area contributed by atoms with Crippen LogP contribution in [0.3, 0.4) is 0 Å². The summed E-state index contributed by atoms with van der Waals surface area (Å²) in [6.07, 6.45) is 0.427. The third-order valence-electron chi connectivity index (χ3n) is 2.80. The largest absolute Gasteiger partial charge is 3.00 e. The van der Waals surface area contributed by atoms with Crippen LogP contribution in [0.2, 0.25) is 0 Å². The van der Waals surface area contributed by atoms with Gasteiger partial charge in [-0.05, 0) is 30.1 Å². The summed E-state index contributed by atoms with van der Waals surface area (Å²) in [4.78, 5) is 3.69. The van der Waals surface area contributed by atoms with Gasteiger partial charge in [0.15, 0.2) is 0 Å². The number of pyridine rings is 1. The first-order valence-electron chi connectivity index (χ1n) is 7.41. The second kappa shape index (κ2) is 12.5. The molecule has 29 heavy (non-hydrogen) atoms. The molecular weight excluding hydrogens is 573 g/mol. The number of nitrogens with one attached hydrogen (secondary N) is 3. The van der Waals surface area contributed by atoms with Gasteiger partial charge in [0.2, 0.25) is 0 Å². The molecule has 2 rings (SSSR count). The van der Waals surface area contributed by atoms with Crippen LogP contribution in [-0.2, 0) is 20.1 Å².